The Bertz CT molecular complexity index is 120. The molecule has 0 saturated heterocycles. The minimum atomic E-state index is -0.172. The molecule has 13 heavy (non-hydrogen) atoms. The van der Waals surface area contributed by atoms with Crippen molar-refractivity contribution >= 4 is 18.4 Å². The van der Waals surface area contributed by atoms with E-state index in [2.05, 4.69) is 6.92 Å². The molecule has 0 aliphatic rings. The summed E-state index contributed by atoms with van der Waals surface area (Å²) < 4.78 is 4.91. The molecule has 0 fully saturated rings. The zero-order valence-corrected chi connectivity index (χ0v) is 9.07. The summed E-state index contributed by atoms with van der Waals surface area (Å²) in [7, 11) is 0. The van der Waals surface area contributed by atoms with E-state index in [1.807, 2.05) is 0 Å². The molecule has 0 saturated carbocycles. The predicted octanol–water partition coefficient (Wildman–Crippen LogP) is 1.88. The Morgan fingerprint density at radius 2 is 2.00 bits per heavy atom. The Labute approximate surface area is 86.4 Å². The Morgan fingerprint density at radius 3 is 2.54 bits per heavy atom. The van der Waals surface area contributed by atoms with Crippen molar-refractivity contribution in [3.05, 3.63) is 0 Å². The van der Waals surface area contributed by atoms with Gasteiger partial charge in [0.2, 0.25) is 0 Å². The Balaban J connectivity index is 0. The zero-order chi connectivity index (χ0) is 9.23. The van der Waals surface area contributed by atoms with Crippen molar-refractivity contribution in [3.8, 4) is 0 Å². The second-order valence-electron chi connectivity index (χ2n) is 2.82. The summed E-state index contributed by atoms with van der Waals surface area (Å²) in [5.74, 6) is -0.172. The summed E-state index contributed by atoms with van der Waals surface area (Å²) in [5.41, 5.74) is 5.18. The topological polar surface area (TPSA) is 52.3 Å². The maximum absolute atomic E-state index is 10.8. The molecular formula is C9H20ClNO2. The van der Waals surface area contributed by atoms with E-state index in [1.54, 1.807) is 0 Å². The van der Waals surface area contributed by atoms with E-state index in [9.17, 15) is 4.79 Å². The molecule has 0 bridgehead atoms. The lowest BCUT2D eigenvalue weighted by Crippen LogP contribution is -2.11. The normalized spacial score (nSPS) is 9.08. The molecule has 0 aromatic heterocycles. The van der Waals surface area contributed by atoms with Gasteiger partial charge in [-0.15, -0.1) is 12.4 Å². The molecule has 0 atom stereocenters. The van der Waals surface area contributed by atoms with Crippen molar-refractivity contribution in [2.75, 3.05) is 13.2 Å². The van der Waals surface area contributed by atoms with Gasteiger partial charge in [-0.05, 0) is 6.42 Å². The second kappa shape index (κ2) is 11.7. The average Bonchev–Trinajstić information content (AvgIpc) is 2.05. The summed E-state index contributed by atoms with van der Waals surface area (Å²) >= 11 is 0. The lowest BCUT2D eigenvalue weighted by atomic mass is 10.2. The Kier molecular flexibility index (Phi) is 13.7. The molecule has 0 radical (unpaired) electrons. The van der Waals surface area contributed by atoms with Gasteiger partial charge in [0.1, 0.15) is 0 Å². The van der Waals surface area contributed by atoms with Gasteiger partial charge in [-0.1, -0.05) is 26.2 Å². The summed E-state index contributed by atoms with van der Waals surface area (Å²) in [6.07, 6.45) is 4.88. The SMILES string of the molecule is CCCCCCOC(=O)CCN.Cl. The van der Waals surface area contributed by atoms with Crippen LogP contribution in [-0.2, 0) is 9.53 Å². The molecule has 0 heterocycles. The van der Waals surface area contributed by atoms with Crippen LogP contribution in [0.15, 0.2) is 0 Å². The summed E-state index contributed by atoms with van der Waals surface area (Å²) in [6, 6.07) is 0. The first-order valence-electron chi connectivity index (χ1n) is 4.67. The zero-order valence-electron chi connectivity index (χ0n) is 8.25. The number of carbonyl (C=O) groups excluding carboxylic acids is 1. The third-order valence-electron chi connectivity index (χ3n) is 1.61. The number of esters is 1. The Hall–Kier alpha value is -0.280. The van der Waals surface area contributed by atoms with Crippen LogP contribution < -0.4 is 5.73 Å². The summed E-state index contributed by atoms with van der Waals surface area (Å²) in [4.78, 5) is 10.8. The lowest BCUT2D eigenvalue weighted by Gasteiger charge is -2.02. The highest BCUT2D eigenvalue weighted by atomic mass is 35.5. The maximum atomic E-state index is 10.8. The van der Waals surface area contributed by atoms with Crippen LogP contribution in [0, 0.1) is 0 Å². The van der Waals surface area contributed by atoms with Gasteiger partial charge < -0.3 is 10.5 Å². The summed E-state index contributed by atoms with van der Waals surface area (Å²) in [5, 5.41) is 0. The molecule has 0 aliphatic carbocycles. The van der Waals surface area contributed by atoms with Crippen molar-refractivity contribution < 1.29 is 9.53 Å². The maximum Gasteiger partial charge on any atom is 0.307 e. The van der Waals surface area contributed by atoms with Crippen molar-refractivity contribution in [1.82, 2.24) is 0 Å². The average molecular weight is 210 g/mol. The van der Waals surface area contributed by atoms with Crippen molar-refractivity contribution in [1.29, 1.82) is 0 Å². The van der Waals surface area contributed by atoms with Crippen LogP contribution in [0.4, 0.5) is 0 Å². The van der Waals surface area contributed by atoms with Crippen LogP contribution in [0.25, 0.3) is 0 Å². The highest BCUT2D eigenvalue weighted by Crippen LogP contribution is 1.99. The molecule has 80 valence electrons. The largest absolute Gasteiger partial charge is 0.466 e. The monoisotopic (exact) mass is 209 g/mol. The standard InChI is InChI=1S/C9H19NO2.ClH/c1-2-3-4-5-8-12-9(11)6-7-10;/h2-8,10H2,1H3;1H. The third-order valence-corrected chi connectivity index (χ3v) is 1.61. The number of hydrogen-bond acceptors (Lipinski definition) is 3. The van der Waals surface area contributed by atoms with Crippen LogP contribution in [0.1, 0.15) is 39.0 Å². The molecule has 0 rings (SSSR count). The Morgan fingerprint density at radius 1 is 1.31 bits per heavy atom. The van der Waals surface area contributed by atoms with Gasteiger partial charge in [-0.25, -0.2) is 0 Å². The predicted molar refractivity (Wildman–Crippen MR) is 56.0 cm³/mol. The van der Waals surface area contributed by atoms with E-state index in [1.165, 1.54) is 12.8 Å². The van der Waals surface area contributed by atoms with E-state index in [0.29, 0.717) is 19.6 Å². The number of carbonyl (C=O) groups is 1. The van der Waals surface area contributed by atoms with Crippen molar-refractivity contribution in [3.63, 3.8) is 0 Å². The molecule has 0 aliphatic heterocycles. The molecule has 3 nitrogen and oxygen atoms in total. The first-order valence-corrected chi connectivity index (χ1v) is 4.67. The fourth-order valence-corrected chi connectivity index (χ4v) is 0.905. The number of halogens is 1. The van der Waals surface area contributed by atoms with E-state index >= 15 is 0 Å². The van der Waals surface area contributed by atoms with Crippen molar-refractivity contribution in [2.45, 2.75) is 39.0 Å². The van der Waals surface area contributed by atoms with E-state index < -0.39 is 0 Å². The van der Waals surface area contributed by atoms with Gasteiger partial charge in [0.15, 0.2) is 0 Å². The van der Waals surface area contributed by atoms with Crippen LogP contribution in [0.3, 0.4) is 0 Å². The van der Waals surface area contributed by atoms with E-state index in [-0.39, 0.29) is 18.4 Å². The molecule has 0 unspecified atom stereocenters. The van der Waals surface area contributed by atoms with Gasteiger partial charge in [0, 0.05) is 6.54 Å². The minimum Gasteiger partial charge on any atom is -0.466 e. The van der Waals surface area contributed by atoms with Gasteiger partial charge in [0.05, 0.1) is 13.0 Å². The molecule has 0 aromatic carbocycles. The van der Waals surface area contributed by atoms with Crippen LogP contribution in [0.5, 0.6) is 0 Å². The second-order valence-corrected chi connectivity index (χ2v) is 2.82. The quantitative estimate of drug-likeness (QED) is 0.515. The minimum absolute atomic E-state index is 0. The van der Waals surface area contributed by atoms with Gasteiger partial charge >= 0.3 is 5.97 Å². The van der Waals surface area contributed by atoms with E-state index in [4.69, 9.17) is 10.5 Å². The number of unbranched alkanes of at least 4 members (excludes halogenated alkanes) is 3. The molecule has 0 spiro atoms. The number of nitrogens with two attached hydrogens (primary N) is 1. The van der Waals surface area contributed by atoms with Gasteiger partial charge in [-0.3, -0.25) is 4.79 Å². The molecular weight excluding hydrogens is 190 g/mol. The van der Waals surface area contributed by atoms with Crippen molar-refractivity contribution in [2.24, 2.45) is 5.73 Å². The first-order chi connectivity index (χ1) is 5.81. The molecule has 0 amide bonds. The van der Waals surface area contributed by atoms with Crippen LogP contribution in [-0.4, -0.2) is 19.1 Å². The number of ether oxygens (including phenoxy) is 1. The lowest BCUT2D eigenvalue weighted by molar-refractivity contribution is -0.143. The van der Waals surface area contributed by atoms with Crippen LogP contribution in [0.2, 0.25) is 0 Å². The van der Waals surface area contributed by atoms with Gasteiger partial charge in [-0.2, -0.15) is 0 Å². The fourth-order valence-electron chi connectivity index (χ4n) is 0.905. The highest BCUT2D eigenvalue weighted by molar-refractivity contribution is 5.85. The fraction of sp³-hybridized carbons (Fsp3) is 0.889. The molecule has 2 N–H and O–H groups in total. The first kappa shape index (κ1) is 15.2. The smallest absolute Gasteiger partial charge is 0.307 e. The third kappa shape index (κ3) is 11.7. The number of rotatable bonds is 7. The van der Waals surface area contributed by atoms with Crippen LogP contribution >= 0.6 is 12.4 Å². The number of hydrogen-bond donors (Lipinski definition) is 1. The van der Waals surface area contributed by atoms with Gasteiger partial charge in [0.25, 0.3) is 0 Å². The highest BCUT2D eigenvalue weighted by Gasteiger charge is 1.98. The van der Waals surface area contributed by atoms with E-state index in [0.717, 1.165) is 12.8 Å². The summed E-state index contributed by atoms with van der Waals surface area (Å²) in [6.45, 7) is 3.09. The molecule has 4 heteroatoms. The molecule has 0 aromatic rings.